The van der Waals surface area contributed by atoms with E-state index in [0.717, 1.165) is 44.8 Å². The molecule has 3 aromatic rings. The number of hydrogen-bond acceptors (Lipinski definition) is 6. The predicted molar refractivity (Wildman–Crippen MR) is 124 cm³/mol. The second-order valence-electron chi connectivity index (χ2n) is 8.65. The molecule has 0 bridgehead atoms. The van der Waals surface area contributed by atoms with Crippen molar-refractivity contribution in [2.75, 3.05) is 46.5 Å². The molecule has 0 unspecified atom stereocenters. The van der Waals surface area contributed by atoms with Gasteiger partial charge in [-0.3, -0.25) is 9.59 Å². The number of quaternary nitrogens is 1. The van der Waals surface area contributed by atoms with Gasteiger partial charge in [-0.15, -0.1) is 0 Å². The first-order valence-corrected chi connectivity index (χ1v) is 11.5. The van der Waals surface area contributed by atoms with Crippen LogP contribution in [0.1, 0.15) is 44.5 Å². The van der Waals surface area contributed by atoms with E-state index in [0.29, 0.717) is 28.6 Å². The molecular formula is C26H27N2O6+. The average molecular weight is 464 g/mol. The van der Waals surface area contributed by atoms with Crippen LogP contribution in [0.25, 0.3) is 11.0 Å². The van der Waals surface area contributed by atoms with Crippen molar-refractivity contribution >= 4 is 22.8 Å². The normalized spacial score (nSPS) is 18.3. The number of para-hydroxylation sites is 1. The molecule has 1 fully saturated rings. The Balaban J connectivity index is 1.51. The Morgan fingerprint density at radius 3 is 2.56 bits per heavy atom. The number of methoxy groups -OCH3 is 1. The lowest BCUT2D eigenvalue weighted by Gasteiger charge is -2.27. The Morgan fingerprint density at radius 1 is 1.09 bits per heavy atom. The molecule has 2 aliphatic heterocycles. The van der Waals surface area contributed by atoms with E-state index < -0.39 is 12.0 Å². The molecular weight excluding hydrogens is 436 g/mol. The Labute approximate surface area is 196 Å². The van der Waals surface area contributed by atoms with E-state index in [1.54, 1.807) is 53.4 Å². The third-order valence-electron chi connectivity index (χ3n) is 6.65. The molecule has 1 saturated heterocycles. The van der Waals surface area contributed by atoms with Crippen LogP contribution in [0.15, 0.2) is 57.7 Å². The summed E-state index contributed by atoms with van der Waals surface area (Å²) in [4.78, 5) is 42.0. The maximum Gasteiger partial charge on any atom is 0.337 e. The number of fused-ring (bicyclic) bond motifs is 2. The van der Waals surface area contributed by atoms with Crippen molar-refractivity contribution in [3.8, 4) is 0 Å². The lowest BCUT2D eigenvalue weighted by Crippen LogP contribution is -3.14. The van der Waals surface area contributed by atoms with Crippen LogP contribution < -0.4 is 10.3 Å². The Kier molecular flexibility index (Phi) is 6.17. The van der Waals surface area contributed by atoms with E-state index in [4.69, 9.17) is 13.9 Å². The molecule has 3 heterocycles. The maximum atomic E-state index is 13.5. The van der Waals surface area contributed by atoms with Crippen LogP contribution in [0.2, 0.25) is 0 Å². The zero-order chi connectivity index (χ0) is 23.7. The largest absolute Gasteiger partial charge is 0.465 e. The summed E-state index contributed by atoms with van der Waals surface area (Å²) in [5, 5.41) is 0.449. The quantitative estimate of drug-likeness (QED) is 0.557. The Hall–Kier alpha value is -3.49. The summed E-state index contributed by atoms with van der Waals surface area (Å²) >= 11 is 0. The predicted octanol–water partition coefficient (Wildman–Crippen LogP) is 1.43. The number of amides is 1. The summed E-state index contributed by atoms with van der Waals surface area (Å²) in [6.45, 7) is 4.83. The highest BCUT2D eigenvalue weighted by atomic mass is 16.5. The van der Waals surface area contributed by atoms with Gasteiger partial charge in [0.15, 0.2) is 5.43 Å². The Morgan fingerprint density at radius 2 is 1.82 bits per heavy atom. The number of nitrogens with zero attached hydrogens (tertiary/aromatic N) is 1. The monoisotopic (exact) mass is 463 g/mol. The lowest BCUT2D eigenvalue weighted by atomic mass is 9.97. The summed E-state index contributed by atoms with van der Waals surface area (Å²) in [7, 11) is 1.33. The second kappa shape index (κ2) is 9.40. The van der Waals surface area contributed by atoms with Crippen molar-refractivity contribution < 1.29 is 28.4 Å². The van der Waals surface area contributed by atoms with Crippen LogP contribution in [-0.2, 0) is 9.47 Å². The highest BCUT2D eigenvalue weighted by Crippen LogP contribution is 2.38. The van der Waals surface area contributed by atoms with Crippen molar-refractivity contribution in [2.45, 2.75) is 12.5 Å². The summed E-state index contributed by atoms with van der Waals surface area (Å²) in [6, 6.07) is 13.3. The molecule has 1 aromatic heterocycles. The zero-order valence-corrected chi connectivity index (χ0v) is 19.0. The number of carbonyl (C=O) groups excluding carboxylic acids is 2. The molecule has 2 aromatic carbocycles. The zero-order valence-electron chi connectivity index (χ0n) is 19.0. The third-order valence-corrected chi connectivity index (χ3v) is 6.65. The SMILES string of the molecule is COC(=O)c1ccc([C@@H]2c3c(oc4ccccc4c3=O)C(=O)N2CCC[NH+]2CCOCC2)cc1. The van der Waals surface area contributed by atoms with Gasteiger partial charge in [0.25, 0.3) is 5.91 Å². The first kappa shape index (κ1) is 22.3. The minimum absolute atomic E-state index is 0.101. The molecule has 0 aliphatic carbocycles. The number of benzene rings is 2. The standard InChI is InChI=1S/C26H26N2O6/c1-32-26(31)18-9-7-17(8-10-18)22-21-23(29)19-5-2-3-6-20(19)34-24(21)25(30)28(22)12-4-11-27-13-15-33-16-14-27/h2-3,5-10,22H,4,11-16H2,1H3/p+1/t22-/m1/s1. The van der Waals surface area contributed by atoms with E-state index in [-0.39, 0.29) is 17.1 Å². The van der Waals surface area contributed by atoms with E-state index >= 15 is 0 Å². The number of rotatable bonds is 6. The van der Waals surface area contributed by atoms with Crippen LogP contribution in [0.3, 0.4) is 0 Å². The molecule has 0 radical (unpaired) electrons. The third kappa shape index (κ3) is 3.99. The number of morpholine rings is 1. The minimum Gasteiger partial charge on any atom is -0.465 e. The fourth-order valence-electron chi connectivity index (χ4n) is 4.87. The topological polar surface area (TPSA) is 90.5 Å². The second-order valence-corrected chi connectivity index (χ2v) is 8.65. The smallest absolute Gasteiger partial charge is 0.337 e. The fraction of sp³-hybridized carbons (Fsp3) is 0.346. The van der Waals surface area contributed by atoms with Gasteiger partial charge in [0.2, 0.25) is 5.76 Å². The summed E-state index contributed by atoms with van der Waals surface area (Å²) in [5.74, 6) is -0.619. The fourth-order valence-corrected chi connectivity index (χ4v) is 4.87. The Bertz CT molecular complexity index is 1280. The van der Waals surface area contributed by atoms with Crippen molar-refractivity contribution in [1.82, 2.24) is 4.90 Å². The van der Waals surface area contributed by atoms with Crippen LogP contribution in [0.4, 0.5) is 0 Å². The van der Waals surface area contributed by atoms with Gasteiger partial charge in [-0.25, -0.2) is 4.79 Å². The first-order chi connectivity index (χ1) is 16.6. The molecule has 8 heteroatoms. The van der Waals surface area contributed by atoms with Gasteiger partial charge in [0.1, 0.15) is 18.7 Å². The van der Waals surface area contributed by atoms with E-state index in [9.17, 15) is 14.4 Å². The van der Waals surface area contributed by atoms with Crippen molar-refractivity contribution in [1.29, 1.82) is 0 Å². The van der Waals surface area contributed by atoms with E-state index in [1.807, 2.05) is 0 Å². The summed E-state index contributed by atoms with van der Waals surface area (Å²) < 4.78 is 16.2. The van der Waals surface area contributed by atoms with Crippen molar-refractivity contribution in [3.63, 3.8) is 0 Å². The maximum absolute atomic E-state index is 13.5. The number of ether oxygens (including phenoxy) is 2. The molecule has 0 spiro atoms. The molecule has 0 saturated carbocycles. The molecule has 1 N–H and O–H groups in total. The van der Waals surface area contributed by atoms with Crippen molar-refractivity contribution in [3.05, 3.63) is 81.2 Å². The van der Waals surface area contributed by atoms with Gasteiger partial charge in [0.05, 0.1) is 49.4 Å². The summed E-state index contributed by atoms with van der Waals surface area (Å²) in [5.41, 5.74) is 1.71. The highest BCUT2D eigenvalue weighted by Gasteiger charge is 2.42. The summed E-state index contributed by atoms with van der Waals surface area (Å²) in [6.07, 6.45) is 0.791. The van der Waals surface area contributed by atoms with Crippen LogP contribution in [0.5, 0.6) is 0 Å². The molecule has 5 rings (SSSR count). The van der Waals surface area contributed by atoms with Gasteiger partial charge < -0.3 is 23.7 Å². The van der Waals surface area contributed by atoms with Gasteiger partial charge in [0, 0.05) is 13.0 Å². The van der Waals surface area contributed by atoms with Gasteiger partial charge in [-0.1, -0.05) is 24.3 Å². The minimum atomic E-state index is -0.574. The number of nitrogens with one attached hydrogen (secondary N) is 1. The van der Waals surface area contributed by atoms with Gasteiger partial charge in [-0.2, -0.15) is 0 Å². The van der Waals surface area contributed by atoms with Gasteiger partial charge in [-0.05, 0) is 29.8 Å². The highest BCUT2D eigenvalue weighted by molar-refractivity contribution is 5.99. The number of hydrogen-bond donors (Lipinski definition) is 1. The average Bonchev–Trinajstić information content (AvgIpc) is 3.16. The van der Waals surface area contributed by atoms with Crippen LogP contribution in [-0.4, -0.2) is 63.3 Å². The molecule has 1 atom stereocenters. The van der Waals surface area contributed by atoms with Crippen LogP contribution >= 0.6 is 0 Å². The van der Waals surface area contributed by atoms with E-state index in [2.05, 4.69) is 0 Å². The molecule has 176 valence electrons. The van der Waals surface area contributed by atoms with E-state index in [1.165, 1.54) is 12.0 Å². The molecule has 1 amide bonds. The number of carbonyl (C=O) groups is 2. The van der Waals surface area contributed by atoms with Crippen LogP contribution in [0, 0.1) is 0 Å². The first-order valence-electron chi connectivity index (χ1n) is 11.5. The lowest BCUT2D eigenvalue weighted by molar-refractivity contribution is -0.908. The molecule has 34 heavy (non-hydrogen) atoms. The molecule has 2 aliphatic rings. The van der Waals surface area contributed by atoms with Crippen molar-refractivity contribution in [2.24, 2.45) is 0 Å². The van der Waals surface area contributed by atoms with Gasteiger partial charge >= 0.3 is 5.97 Å². The number of esters is 1. The molecule has 8 nitrogen and oxygen atoms in total.